The van der Waals surface area contributed by atoms with Crippen molar-refractivity contribution in [1.29, 1.82) is 0 Å². The molecule has 0 bridgehead atoms. The highest BCUT2D eigenvalue weighted by Gasteiger charge is 2.08. The van der Waals surface area contributed by atoms with Crippen molar-refractivity contribution in [1.82, 2.24) is 9.38 Å². The molecule has 2 aromatic rings. The van der Waals surface area contributed by atoms with Gasteiger partial charge in [-0.1, -0.05) is 44.4 Å². The van der Waals surface area contributed by atoms with Gasteiger partial charge in [-0.15, -0.1) is 0 Å². The second-order valence-corrected chi connectivity index (χ2v) is 7.13. The van der Waals surface area contributed by atoms with Crippen LogP contribution in [-0.2, 0) is 0 Å². The van der Waals surface area contributed by atoms with Crippen LogP contribution in [0.25, 0.3) is 5.65 Å². The quantitative estimate of drug-likeness (QED) is 0.454. The molecule has 0 aromatic carbocycles. The Bertz CT molecular complexity index is 653. The van der Waals surface area contributed by atoms with E-state index >= 15 is 0 Å². The first kappa shape index (κ1) is 14.9. The van der Waals surface area contributed by atoms with E-state index in [0.717, 1.165) is 11.3 Å². The maximum atomic E-state index is 4.43. The van der Waals surface area contributed by atoms with Gasteiger partial charge in [0, 0.05) is 15.7 Å². The van der Waals surface area contributed by atoms with Crippen LogP contribution in [0.4, 0.5) is 0 Å². The molecule has 3 heteroatoms. The maximum Gasteiger partial charge on any atom is 0.137 e. The number of nitrogens with zero attached hydrogens (tertiary/aromatic N) is 2. The summed E-state index contributed by atoms with van der Waals surface area (Å²) in [7, 11) is 0. The fourth-order valence-corrected chi connectivity index (χ4v) is 3.46. The molecule has 0 radical (unpaired) electrons. The second kappa shape index (κ2) is 7.31. The Morgan fingerprint density at radius 2 is 1.76 bits per heavy atom. The van der Waals surface area contributed by atoms with Gasteiger partial charge in [-0.25, -0.2) is 4.98 Å². The van der Waals surface area contributed by atoms with Crippen molar-refractivity contribution in [3.05, 3.63) is 33.8 Å². The molecule has 1 saturated carbocycles. The van der Waals surface area contributed by atoms with Gasteiger partial charge in [0.05, 0.1) is 6.20 Å². The van der Waals surface area contributed by atoms with Gasteiger partial charge < -0.3 is 0 Å². The maximum absolute atomic E-state index is 4.43. The number of halogens is 1. The van der Waals surface area contributed by atoms with Gasteiger partial charge in [0.25, 0.3) is 0 Å². The van der Waals surface area contributed by atoms with Gasteiger partial charge in [0.2, 0.25) is 0 Å². The van der Waals surface area contributed by atoms with Crippen LogP contribution in [0.15, 0.2) is 24.5 Å². The molecule has 1 fully saturated rings. The highest BCUT2D eigenvalue weighted by molar-refractivity contribution is 14.1. The zero-order valence-corrected chi connectivity index (χ0v) is 14.5. The third kappa shape index (κ3) is 4.00. The molecular weight excluding hydrogens is 371 g/mol. The average Bonchev–Trinajstić information content (AvgIpc) is 2.93. The van der Waals surface area contributed by atoms with Crippen molar-refractivity contribution in [2.75, 3.05) is 0 Å². The summed E-state index contributed by atoms with van der Waals surface area (Å²) in [5.41, 5.74) is 2.00. The second-order valence-electron chi connectivity index (χ2n) is 5.88. The number of rotatable bonds is 0. The number of hydrogen-bond donors (Lipinski definition) is 0. The van der Waals surface area contributed by atoms with Crippen LogP contribution in [0.1, 0.15) is 57.1 Å². The third-order valence-corrected chi connectivity index (χ3v) is 4.87. The largest absolute Gasteiger partial charge is 0.292 e. The van der Waals surface area contributed by atoms with E-state index in [1.807, 2.05) is 12.3 Å². The molecule has 2 nitrogen and oxygen atoms in total. The van der Waals surface area contributed by atoms with Crippen molar-refractivity contribution in [2.45, 2.75) is 51.4 Å². The summed E-state index contributed by atoms with van der Waals surface area (Å²) < 4.78 is 3.31. The molecule has 2 heterocycles. The van der Waals surface area contributed by atoms with E-state index in [0.29, 0.717) is 5.92 Å². The minimum absolute atomic E-state index is 0.566. The van der Waals surface area contributed by atoms with Crippen LogP contribution in [0.5, 0.6) is 0 Å². The van der Waals surface area contributed by atoms with E-state index in [1.54, 1.807) is 0 Å². The molecule has 21 heavy (non-hydrogen) atoms. The van der Waals surface area contributed by atoms with Crippen LogP contribution in [0, 0.1) is 21.3 Å². The molecule has 0 unspecified atom stereocenters. The van der Waals surface area contributed by atoms with Crippen LogP contribution < -0.4 is 0 Å². The molecule has 2 aromatic heterocycles. The fraction of sp³-hybridized carbons (Fsp3) is 0.500. The number of fused-ring (bicyclic) bond motifs is 1. The number of imidazole rings is 1. The highest BCUT2D eigenvalue weighted by atomic mass is 127. The lowest BCUT2D eigenvalue weighted by atomic mass is 9.97. The first-order valence-corrected chi connectivity index (χ1v) is 9.05. The molecule has 0 N–H and O–H groups in total. The molecule has 0 aliphatic heterocycles. The third-order valence-electron chi connectivity index (χ3n) is 4.23. The zero-order valence-electron chi connectivity index (χ0n) is 12.3. The van der Waals surface area contributed by atoms with E-state index in [2.05, 4.69) is 56.1 Å². The lowest BCUT2D eigenvalue weighted by molar-refractivity contribution is 0.525. The molecule has 0 atom stereocenters. The zero-order chi connectivity index (χ0) is 14.5. The minimum Gasteiger partial charge on any atom is -0.292 e. The Labute approximate surface area is 140 Å². The number of pyridine rings is 1. The monoisotopic (exact) mass is 392 g/mol. The Kier molecular flexibility index (Phi) is 5.18. The van der Waals surface area contributed by atoms with Gasteiger partial charge in [-0.05, 0) is 53.5 Å². The predicted octanol–water partition coefficient (Wildman–Crippen LogP) is 5.04. The molecule has 0 saturated heterocycles. The summed E-state index contributed by atoms with van der Waals surface area (Å²) in [6.07, 6.45) is 14.8. The fourth-order valence-electron chi connectivity index (χ4n) is 3.00. The first-order chi connectivity index (χ1) is 10.3. The smallest absolute Gasteiger partial charge is 0.137 e. The van der Waals surface area contributed by atoms with E-state index in [-0.39, 0.29) is 0 Å². The normalized spacial score (nSPS) is 17.6. The Hall–Kier alpha value is -1.02. The Morgan fingerprint density at radius 3 is 2.52 bits per heavy atom. The molecule has 0 amide bonds. The van der Waals surface area contributed by atoms with Crippen LogP contribution >= 0.6 is 22.6 Å². The standard InChI is InChI=1S/C18H21IN2/c19-16-10-12-18-20-13-17(21(18)14-16)11-9-15-7-5-3-1-2-4-6-8-15/h10,12-15H,1-8H2. The van der Waals surface area contributed by atoms with Crippen LogP contribution in [0.2, 0.25) is 0 Å². The van der Waals surface area contributed by atoms with E-state index in [9.17, 15) is 0 Å². The van der Waals surface area contributed by atoms with Gasteiger partial charge in [-0.2, -0.15) is 0 Å². The highest BCUT2D eigenvalue weighted by Crippen LogP contribution is 2.21. The average molecular weight is 392 g/mol. The topological polar surface area (TPSA) is 17.3 Å². The number of aromatic nitrogens is 2. The van der Waals surface area contributed by atoms with Crippen LogP contribution in [0.3, 0.4) is 0 Å². The molecule has 1 aliphatic rings. The first-order valence-electron chi connectivity index (χ1n) is 7.97. The summed E-state index contributed by atoms with van der Waals surface area (Å²) in [6, 6.07) is 4.13. The van der Waals surface area contributed by atoms with Crippen molar-refractivity contribution < 1.29 is 0 Å². The van der Waals surface area contributed by atoms with Gasteiger partial charge in [0.15, 0.2) is 0 Å². The van der Waals surface area contributed by atoms with E-state index < -0.39 is 0 Å². The van der Waals surface area contributed by atoms with Crippen molar-refractivity contribution >= 4 is 28.2 Å². The molecular formula is C18H21IN2. The summed E-state index contributed by atoms with van der Waals surface area (Å²) in [6.45, 7) is 0. The van der Waals surface area contributed by atoms with Gasteiger partial charge >= 0.3 is 0 Å². The van der Waals surface area contributed by atoms with Crippen molar-refractivity contribution in [2.24, 2.45) is 5.92 Å². The Morgan fingerprint density at radius 1 is 1.05 bits per heavy atom. The van der Waals surface area contributed by atoms with E-state index in [1.165, 1.54) is 54.9 Å². The van der Waals surface area contributed by atoms with Gasteiger partial charge in [0.1, 0.15) is 11.3 Å². The van der Waals surface area contributed by atoms with Crippen LogP contribution in [-0.4, -0.2) is 9.38 Å². The summed E-state index contributed by atoms with van der Waals surface area (Å²) in [5, 5.41) is 0. The lowest BCUT2D eigenvalue weighted by Crippen LogP contribution is -1.97. The Balaban J connectivity index is 1.79. The molecule has 0 spiro atoms. The summed E-state index contributed by atoms with van der Waals surface area (Å²) in [4.78, 5) is 4.43. The van der Waals surface area contributed by atoms with Crippen molar-refractivity contribution in [3.8, 4) is 11.8 Å². The number of hydrogen-bond acceptors (Lipinski definition) is 1. The minimum atomic E-state index is 0.566. The summed E-state index contributed by atoms with van der Waals surface area (Å²) >= 11 is 2.33. The van der Waals surface area contributed by atoms with Gasteiger partial charge in [-0.3, -0.25) is 4.40 Å². The lowest BCUT2D eigenvalue weighted by Gasteiger charge is -2.07. The SMILES string of the molecule is Ic1ccc2ncc(C#CC3CCCCCCCC3)n2c1. The predicted molar refractivity (Wildman–Crippen MR) is 95.2 cm³/mol. The molecule has 1 aliphatic carbocycles. The molecule has 3 rings (SSSR count). The molecule has 110 valence electrons. The summed E-state index contributed by atoms with van der Waals surface area (Å²) in [5.74, 6) is 7.46. The van der Waals surface area contributed by atoms with E-state index in [4.69, 9.17) is 0 Å². The van der Waals surface area contributed by atoms with Crippen molar-refractivity contribution in [3.63, 3.8) is 0 Å².